The van der Waals surface area contributed by atoms with E-state index in [4.69, 9.17) is 42.6 Å². The van der Waals surface area contributed by atoms with Crippen molar-refractivity contribution in [3.63, 3.8) is 0 Å². The standard InChI is InChI=1S/C38H48O22/c1-52-22-11-18(3-7-20(22)42)5-9-27(44)54-15-26-29(46)32(49)33(50)36(56-26)60-38(34(51)30(47)24(13-39)59-38)17-55-37(16-41)35(31(48)25(14-40)58-37)57-28(45)10-6-19-4-8-21(43)23(12-19)53-2/h3-12,24-26,29-36,39-43,46-51H,13-17H2,1-2H3/b9-5+,10-6+/t24-,25-,26-,29-,30-,31-,32+,33-,34+,35+,36-,37-,38+/m1/s1. The lowest BCUT2D eigenvalue weighted by atomic mass is 9.98. The average Bonchev–Trinajstić information content (AvgIpc) is 3.65. The van der Waals surface area contributed by atoms with Crippen molar-refractivity contribution in [3.8, 4) is 23.0 Å². The molecule has 3 heterocycles. The summed E-state index contributed by atoms with van der Waals surface area (Å²) in [6.45, 7) is -4.90. The monoisotopic (exact) mass is 856 g/mol. The second-order valence-electron chi connectivity index (χ2n) is 13.8. The van der Waals surface area contributed by atoms with Gasteiger partial charge in [-0.05, 0) is 47.5 Å². The van der Waals surface area contributed by atoms with Gasteiger partial charge in [-0.2, -0.15) is 0 Å². The van der Waals surface area contributed by atoms with E-state index >= 15 is 0 Å². The minimum atomic E-state index is -2.71. The molecule has 332 valence electrons. The van der Waals surface area contributed by atoms with Gasteiger partial charge in [-0.15, -0.1) is 0 Å². The lowest BCUT2D eigenvalue weighted by molar-refractivity contribution is -0.399. The maximum absolute atomic E-state index is 13.0. The third-order valence-corrected chi connectivity index (χ3v) is 9.93. The highest BCUT2D eigenvalue weighted by molar-refractivity contribution is 5.88. The van der Waals surface area contributed by atoms with Crippen molar-refractivity contribution in [2.75, 3.05) is 47.3 Å². The fourth-order valence-corrected chi connectivity index (χ4v) is 6.57. The Morgan fingerprint density at radius 2 is 1.25 bits per heavy atom. The van der Waals surface area contributed by atoms with Crippen molar-refractivity contribution in [1.29, 1.82) is 0 Å². The zero-order chi connectivity index (χ0) is 43.9. The molecule has 3 fully saturated rings. The molecule has 22 nitrogen and oxygen atoms in total. The van der Waals surface area contributed by atoms with Gasteiger partial charge in [0.25, 0.3) is 0 Å². The lowest BCUT2D eigenvalue weighted by Gasteiger charge is -2.44. The Bertz CT molecular complexity index is 1840. The molecule has 13 atom stereocenters. The molecule has 0 aromatic heterocycles. The molecule has 0 radical (unpaired) electrons. The summed E-state index contributed by atoms with van der Waals surface area (Å²) >= 11 is 0. The molecule has 2 aromatic carbocycles. The van der Waals surface area contributed by atoms with Gasteiger partial charge in [0, 0.05) is 12.2 Å². The molecule has 5 rings (SSSR count). The lowest BCUT2D eigenvalue weighted by Crippen LogP contribution is -2.63. The molecular formula is C38H48O22. The smallest absolute Gasteiger partial charge is 0.331 e. The fraction of sp³-hybridized carbons (Fsp3) is 0.526. The molecule has 22 heteroatoms. The van der Waals surface area contributed by atoms with Crippen LogP contribution in [0.5, 0.6) is 23.0 Å². The van der Waals surface area contributed by atoms with E-state index in [0.29, 0.717) is 11.1 Å². The second kappa shape index (κ2) is 19.9. The van der Waals surface area contributed by atoms with Gasteiger partial charge in [-0.25, -0.2) is 9.59 Å². The first-order valence-corrected chi connectivity index (χ1v) is 18.3. The number of aliphatic hydroxyl groups excluding tert-OH is 9. The number of methoxy groups -OCH3 is 2. The molecule has 0 unspecified atom stereocenters. The molecule has 0 amide bonds. The van der Waals surface area contributed by atoms with Gasteiger partial charge >= 0.3 is 11.9 Å². The molecule has 0 aliphatic carbocycles. The number of carbonyl (C=O) groups excluding carboxylic acids is 2. The van der Waals surface area contributed by atoms with Crippen molar-refractivity contribution in [1.82, 2.24) is 0 Å². The van der Waals surface area contributed by atoms with Crippen LogP contribution in [0.15, 0.2) is 48.6 Å². The minimum Gasteiger partial charge on any atom is -0.504 e. The van der Waals surface area contributed by atoms with Gasteiger partial charge in [-0.3, -0.25) is 0 Å². The Kier molecular flexibility index (Phi) is 15.5. The summed E-state index contributed by atoms with van der Waals surface area (Å²) < 4.78 is 49.3. The van der Waals surface area contributed by atoms with Crippen LogP contribution in [-0.2, 0) is 42.7 Å². The van der Waals surface area contributed by atoms with Gasteiger partial charge in [0.2, 0.25) is 11.6 Å². The highest BCUT2D eigenvalue weighted by atomic mass is 16.8. The number of hydrogen-bond donors (Lipinski definition) is 11. The predicted octanol–water partition coefficient (Wildman–Crippen LogP) is -3.61. The van der Waals surface area contributed by atoms with Gasteiger partial charge in [-0.1, -0.05) is 12.1 Å². The normalized spacial score (nSPS) is 34.3. The van der Waals surface area contributed by atoms with Crippen molar-refractivity contribution < 1.29 is 108 Å². The minimum absolute atomic E-state index is 0.0953. The Morgan fingerprint density at radius 1 is 0.700 bits per heavy atom. The number of benzene rings is 2. The Morgan fingerprint density at radius 3 is 1.78 bits per heavy atom. The number of hydrogen-bond acceptors (Lipinski definition) is 22. The molecule has 2 aromatic rings. The summed E-state index contributed by atoms with van der Waals surface area (Å²) in [6.07, 6.45) is -16.3. The van der Waals surface area contributed by atoms with Gasteiger partial charge < -0.3 is 98.8 Å². The van der Waals surface area contributed by atoms with E-state index in [1.54, 1.807) is 0 Å². The third kappa shape index (κ3) is 9.99. The number of phenols is 2. The van der Waals surface area contributed by atoms with Gasteiger partial charge in [0.15, 0.2) is 35.4 Å². The largest absolute Gasteiger partial charge is 0.504 e. The van der Waals surface area contributed by atoms with E-state index in [1.807, 2.05) is 0 Å². The van der Waals surface area contributed by atoms with Crippen molar-refractivity contribution >= 4 is 24.1 Å². The van der Waals surface area contributed by atoms with Crippen LogP contribution >= 0.6 is 0 Å². The molecule has 3 aliphatic heterocycles. The maximum Gasteiger partial charge on any atom is 0.331 e. The first-order valence-electron chi connectivity index (χ1n) is 18.3. The quantitative estimate of drug-likeness (QED) is 0.0540. The van der Waals surface area contributed by atoms with Crippen LogP contribution < -0.4 is 9.47 Å². The predicted molar refractivity (Wildman–Crippen MR) is 196 cm³/mol. The summed E-state index contributed by atoms with van der Waals surface area (Å²) in [6, 6.07) is 8.38. The molecule has 3 aliphatic rings. The summed E-state index contributed by atoms with van der Waals surface area (Å²) in [5.41, 5.74) is 0.814. The van der Waals surface area contributed by atoms with E-state index in [2.05, 4.69) is 0 Å². The van der Waals surface area contributed by atoms with Crippen molar-refractivity contribution in [3.05, 3.63) is 59.7 Å². The number of carbonyl (C=O) groups is 2. The molecule has 0 saturated carbocycles. The first-order chi connectivity index (χ1) is 28.5. The Labute approximate surface area is 341 Å². The van der Waals surface area contributed by atoms with E-state index < -0.39 is 124 Å². The van der Waals surface area contributed by atoms with Crippen LogP contribution in [0.3, 0.4) is 0 Å². The zero-order valence-electron chi connectivity index (χ0n) is 32.1. The average molecular weight is 857 g/mol. The van der Waals surface area contributed by atoms with E-state index in [1.165, 1.54) is 62.8 Å². The summed E-state index contributed by atoms with van der Waals surface area (Å²) in [5.74, 6) is -7.42. The van der Waals surface area contributed by atoms with Crippen LogP contribution in [-0.4, -0.2) is 194 Å². The highest BCUT2D eigenvalue weighted by Crippen LogP contribution is 2.41. The van der Waals surface area contributed by atoms with Crippen LogP contribution in [0.1, 0.15) is 11.1 Å². The summed E-state index contributed by atoms with van der Waals surface area (Å²) in [4.78, 5) is 25.6. The van der Waals surface area contributed by atoms with Crippen LogP contribution in [0, 0.1) is 0 Å². The molecule has 0 bridgehead atoms. The van der Waals surface area contributed by atoms with Crippen molar-refractivity contribution in [2.24, 2.45) is 0 Å². The number of esters is 2. The van der Waals surface area contributed by atoms with Crippen LogP contribution in [0.2, 0.25) is 0 Å². The number of ether oxygens (including phenoxy) is 9. The molecule has 3 saturated heterocycles. The molecular weight excluding hydrogens is 808 g/mol. The summed E-state index contributed by atoms with van der Waals surface area (Å²) in [7, 11) is 2.65. The van der Waals surface area contributed by atoms with E-state index in [9.17, 15) is 65.8 Å². The number of phenolic OH excluding ortho intramolecular Hbond substituents is 2. The SMILES string of the molecule is COc1cc(/C=C/C(=O)OC[C@H]2O[C@H](O[C@]3(CO[C@]4(CO)O[C@H](CO)[C@@H](O)[C@@H]4OC(=O)/C=C/c4ccc(O)c(OC)c4)O[C@H](CO)[C@@H](O)[C@@H]3O)[C@H](O)[C@@H](O)[C@@H]2O)ccc1O. The van der Waals surface area contributed by atoms with Crippen LogP contribution in [0.25, 0.3) is 12.2 Å². The zero-order valence-corrected chi connectivity index (χ0v) is 32.1. The third-order valence-electron chi connectivity index (χ3n) is 9.93. The Hall–Kier alpha value is -4.50. The fourth-order valence-electron chi connectivity index (χ4n) is 6.57. The number of rotatable bonds is 17. The van der Waals surface area contributed by atoms with Gasteiger partial charge in [0.1, 0.15) is 74.8 Å². The molecule has 0 spiro atoms. The number of aliphatic hydroxyl groups is 9. The topological polar surface area (TPSA) is 340 Å². The second-order valence-corrected chi connectivity index (χ2v) is 13.8. The summed E-state index contributed by atoms with van der Waals surface area (Å²) in [5, 5.41) is 115. The highest BCUT2D eigenvalue weighted by Gasteiger charge is 2.63. The number of aromatic hydroxyl groups is 2. The van der Waals surface area contributed by atoms with Crippen LogP contribution in [0.4, 0.5) is 0 Å². The Balaban J connectivity index is 1.34. The molecule has 11 N–H and O–H groups in total. The van der Waals surface area contributed by atoms with Gasteiger partial charge in [0.05, 0.1) is 27.4 Å². The first kappa shape index (κ1) is 46.6. The van der Waals surface area contributed by atoms with E-state index in [-0.39, 0.29) is 23.0 Å². The maximum atomic E-state index is 13.0. The molecule has 60 heavy (non-hydrogen) atoms. The van der Waals surface area contributed by atoms with Crippen molar-refractivity contribution in [2.45, 2.75) is 78.9 Å². The van der Waals surface area contributed by atoms with E-state index in [0.717, 1.165) is 12.2 Å².